The van der Waals surface area contributed by atoms with Crippen molar-refractivity contribution in [3.05, 3.63) is 21.9 Å². The Kier molecular flexibility index (Phi) is 3.80. The van der Waals surface area contributed by atoms with Crippen LogP contribution in [-0.4, -0.2) is 5.78 Å². The molecule has 0 aliphatic heterocycles. The van der Waals surface area contributed by atoms with E-state index in [0.717, 1.165) is 29.9 Å². The van der Waals surface area contributed by atoms with E-state index in [4.69, 9.17) is 0 Å². The first-order chi connectivity index (χ1) is 7.72. The minimum absolute atomic E-state index is 0.302. The van der Waals surface area contributed by atoms with Crippen LogP contribution in [0.2, 0.25) is 0 Å². The lowest BCUT2D eigenvalue weighted by atomic mass is 9.78. The average molecular weight is 236 g/mol. The largest absolute Gasteiger partial charge is 0.294 e. The second kappa shape index (κ2) is 5.13. The Morgan fingerprint density at radius 2 is 2.00 bits per heavy atom. The average Bonchev–Trinajstić information content (AvgIpc) is 2.75. The maximum atomic E-state index is 12.3. The van der Waals surface area contributed by atoms with Crippen molar-refractivity contribution in [2.75, 3.05) is 0 Å². The number of thiophene rings is 1. The van der Waals surface area contributed by atoms with Gasteiger partial charge >= 0.3 is 0 Å². The van der Waals surface area contributed by atoms with Gasteiger partial charge in [0.25, 0.3) is 0 Å². The first kappa shape index (κ1) is 11.8. The number of carbonyl (C=O) groups excluding carboxylic acids is 1. The van der Waals surface area contributed by atoms with Crippen molar-refractivity contribution in [2.45, 2.75) is 46.0 Å². The van der Waals surface area contributed by atoms with Crippen LogP contribution in [0.4, 0.5) is 0 Å². The first-order valence-corrected chi connectivity index (χ1v) is 7.23. The van der Waals surface area contributed by atoms with Crippen LogP contribution in [0.5, 0.6) is 0 Å². The van der Waals surface area contributed by atoms with E-state index in [1.807, 2.05) is 12.3 Å². The van der Waals surface area contributed by atoms with Crippen molar-refractivity contribution in [1.29, 1.82) is 0 Å². The molecular weight excluding hydrogens is 216 g/mol. The van der Waals surface area contributed by atoms with E-state index in [-0.39, 0.29) is 0 Å². The van der Waals surface area contributed by atoms with Gasteiger partial charge in [-0.1, -0.05) is 13.3 Å². The predicted molar refractivity (Wildman–Crippen MR) is 69.1 cm³/mol. The zero-order valence-corrected chi connectivity index (χ0v) is 11.0. The van der Waals surface area contributed by atoms with E-state index >= 15 is 0 Å². The molecule has 1 heterocycles. The van der Waals surface area contributed by atoms with Crippen LogP contribution in [0.15, 0.2) is 10.8 Å². The molecule has 1 fully saturated rings. The van der Waals surface area contributed by atoms with Crippen molar-refractivity contribution in [1.82, 2.24) is 0 Å². The zero-order valence-electron chi connectivity index (χ0n) is 10.2. The molecule has 2 heteroatoms. The highest BCUT2D eigenvalue weighted by Crippen LogP contribution is 2.33. The van der Waals surface area contributed by atoms with Crippen LogP contribution in [0.25, 0.3) is 0 Å². The molecule has 0 unspecified atom stereocenters. The Bertz CT molecular complexity index is 359. The van der Waals surface area contributed by atoms with Gasteiger partial charge in [0, 0.05) is 16.9 Å². The van der Waals surface area contributed by atoms with Gasteiger partial charge in [-0.2, -0.15) is 11.3 Å². The molecule has 0 aromatic carbocycles. The molecule has 0 saturated heterocycles. The number of hydrogen-bond acceptors (Lipinski definition) is 2. The summed E-state index contributed by atoms with van der Waals surface area (Å²) in [7, 11) is 0. The Morgan fingerprint density at radius 3 is 2.50 bits per heavy atom. The van der Waals surface area contributed by atoms with E-state index in [1.54, 1.807) is 11.3 Å². The van der Waals surface area contributed by atoms with Gasteiger partial charge in [-0.05, 0) is 49.5 Å². The summed E-state index contributed by atoms with van der Waals surface area (Å²) in [6.45, 7) is 4.30. The summed E-state index contributed by atoms with van der Waals surface area (Å²) in [6.07, 6.45) is 5.98. The standard InChI is InChI=1S/C14H20OS/c1-3-11-4-6-12(7-5-11)14(15)13-9-16-8-10(13)2/h8-9,11-12H,3-7H2,1-2H3. The van der Waals surface area contributed by atoms with Gasteiger partial charge in [0.2, 0.25) is 0 Å². The van der Waals surface area contributed by atoms with E-state index in [2.05, 4.69) is 12.3 Å². The molecule has 1 saturated carbocycles. The highest BCUT2D eigenvalue weighted by atomic mass is 32.1. The van der Waals surface area contributed by atoms with Gasteiger partial charge in [0.1, 0.15) is 0 Å². The number of hydrogen-bond donors (Lipinski definition) is 0. The van der Waals surface area contributed by atoms with Crippen molar-refractivity contribution in [2.24, 2.45) is 11.8 Å². The fraction of sp³-hybridized carbons (Fsp3) is 0.643. The van der Waals surface area contributed by atoms with Crippen molar-refractivity contribution in [3.8, 4) is 0 Å². The summed E-state index contributed by atoms with van der Waals surface area (Å²) < 4.78 is 0. The molecule has 1 nitrogen and oxygen atoms in total. The Balaban J connectivity index is 2.00. The minimum atomic E-state index is 0.302. The molecule has 0 radical (unpaired) electrons. The lowest BCUT2D eigenvalue weighted by Crippen LogP contribution is -2.21. The van der Waals surface area contributed by atoms with E-state index in [0.29, 0.717) is 11.7 Å². The second-order valence-corrected chi connectivity index (χ2v) is 5.70. The Morgan fingerprint density at radius 1 is 1.31 bits per heavy atom. The maximum Gasteiger partial charge on any atom is 0.167 e. The molecule has 1 aromatic heterocycles. The summed E-state index contributed by atoms with van der Waals surface area (Å²) in [5, 5.41) is 4.09. The number of ketones is 1. The van der Waals surface area contributed by atoms with Crippen LogP contribution in [-0.2, 0) is 0 Å². The van der Waals surface area contributed by atoms with Gasteiger partial charge in [0.15, 0.2) is 5.78 Å². The fourth-order valence-corrected chi connectivity index (χ4v) is 3.50. The topological polar surface area (TPSA) is 17.1 Å². The van der Waals surface area contributed by atoms with E-state index in [1.165, 1.54) is 19.3 Å². The molecule has 0 bridgehead atoms. The zero-order chi connectivity index (χ0) is 11.5. The first-order valence-electron chi connectivity index (χ1n) is 6.29. The maximum absolute atomic E-state index is 12.3. The van der Waals surface area contributed by atoms with Gasteiger partial charge in [-0.15, -0.1) is 0 Å². The molecule has 1 aliphatic carbocycles. The number of aryl methyl sites for hydroxylation is 1. The van der Waals surface area contributed by atoms with E-state index in [9.17, 15) is 4.79 Å². The molecule has 0 atom stereocenters. The van der Waals surface area contributed by atoms with Crippen molar-refractivity contribution < 1.29 is 4.79 Å². The summed E-state index contributed by atoms with van der Waals surface area (Å²) >= 11 is 1.64. The van der Waals surface area contributed by atoms with Gasteiger partial charge < -0.3 is 0 Å². The summed E-state index contributed by atoms with van der Waals surface area (Å²) in [5.74, 6) is 1.57. The SMILES string of the molecule is CCC1CCC(C(=O)c2cscc2C)CC1. The molecule has 0 spiro atoms. The van der Waals surface area contributed by atoms with Crippen LogP contribution < -0.4 is 0 Å². The number of carbonyl (C=O) groups is 1. The second-order valence-electron chi connectivity index (χ2n) is 4.96. The van der Waals surface area contributed by atoms with Crippen molar-refractivity contribution >= 4 is 17.1 Å². The molecule has 1 aliphatic rings. The fourth-order valence-electron chi connectivity index (χ4n) is 2.67. The lowest BCUT2D eigenvalue weighted by Gasteiger charge is -2.26. The third-order valence-electron chi connectivity index (χ3n) is 3.92. The lowest BCUT2D eigenvalue weighted by molar-refractivity contribution is 0.0871. The smallest absolute Gasteiger partial charge is 0.167 e. The molecule has 0 amide bonds. The van der Waals surface area contributed by atoms with Gasteiger partial charge in [-0.3, -0.25) is 4.79 Å². The molecule has 2 rings (SSSR count). The summed E-state index contributed by atoms with van der Waals surface area (Å²) in [6, 6.07) is 0. The highest BCUT2D eigenvalue weighted by Gasteiger charge is 2.27. The van der Waals surface area contributed by atoms with Gasteiger partial charge in [-0.25, -0.2) is 0 Å². The third kappa shape index (κ3) is 2.37. The highest BCUT2D eigenvalue weighted by molar-refractivity contribution is 7.08. The van der Waals surface area contributed by atoms with Crippen LogP contribution in [0.3, 0.4) is 0 Å². The number of Topliss-reactive ketones (excluding diaryl/α,β-unsaturated/α-hetero) is 1. The quantitative estimate of drug-likeness (QED) is 0.708. The molecule has 0 N–H and O–H groups in total. The van der Waals surface area contributed by atoms with Crippen LogP contribution >= 0.6 is 11.3 Å². The van der Waals surface area contributed by atoms with E-state index < -0.39 is 0 Å². The third-order valence-corrected chi connectivity index (χ3v) is 4.78. The molecule has 1 aromatic rings. The minimum Gasteiger partial charge on any atom is -0.294 e. The summed E-state index contributed by atoms with van der Waals surface area (Å²) in [5.41, 5.74) is 2.14. The van der Waals surface area contributed by atoms with Gasteiger partial charge in [0.05, 0.1) is 0 Å². The molecular formula is C14H20OS. The Hall–Kier alpha value is -0.630. The normalized spacial score (nSPS) is 25.6. The predicted octanol–water partition coefficient (Wildman–Crippen LogP) is 4.46. The van der Waals surface area contributed by atoms with Crippen LogP contribution in [0, 0.1) is 18.8 Å². The van der Waals surface area contributed by atoms with Crippen molar-refractivity contribution in [3.63, 3.8) is 0 Å². The Labute approximate surface area is 102 Å². The molecule has 16 heavy (non-hydrogen) atoms. The molecule has 88 valence electrons. The number of rotatable bonds is 3. The monoisotopic (exact) mass is 236 g/mol. The van der Waals surface area contributed by atoms with Crippen LogP contribution in [0.1, 0.15) is 54.9 Å². The summed E-state index contributed by atoms with van der Waals surface area (Å²) in [4.78, 5) is 12.3.